The standard InChI is InChI=1S/C5H10N2O2S/c1-2-3-7(4(6)10)5(8)9/h2,5,8-9H,1,3H2,(H2,6,10). The molecule has 0 atom stereocenters. The van der Waals surface area contributed by atoms with Gasteiger partial charge in [0.25, 0.3) is 0 Å². The van der Waals surface area contributed by atoms with Crippen molar-refractivity contribution in [1.29, 1.82) is 0 Å². The highest BCUT2D eigenvalue weighted by Crippen LogP contribution is 1.91. The van der Waals surface area contributed by atoms with E-state index in [1.165, 1.54) is 6.08 Å². The van der Waals surface area contributed by atoms with Gasteiger partial charge >= 0.3 is 0 Å². The zero-order chi connectivity index (χ0) is 8.15. The quantitative estimate of drug-likeness (QED) is 0.282. The number of aliphatic hydroxyl groups excluding tert-OH is 1. The van der Waals surface area contributed by atoms with Crippen LogP contribution in [0.3, 0.4) is 0 Å². The van der Waals surface area contributed by atoms with Crippen LogP contribution in [-0.2, 0) is 0 Å². The molecule has 0 spiro atoms. The van der Waals surface area contributed by atoms with Gasteiger partial charge in [0.1, 0.15) is 0 Å². The number of aliphatic hydroxyl groups is 2. The smallest absolute Gasteiger partial charge is 0.237 e. The summed E-state index contributed by atoms with van der Waals surface area (Å²) in [6.45, 7) is 3.62. The molecule has 0 aliphatic heterocycles. The molecule has 0 fully saturated rings. The normalized spacial score (nSPS) is 9.50. The fourth-order valence-electron chi connectivity index (χ4n) is 0.437. The molecule has 0 aromatic heterocycles. The number of rotatable bonds is 3. The maximum Gasteiger partial charge on any atom is 0.237 e. The van der Waals surface area contributed by atoms with E-state index in [1.54, 1.807) is 0 Å². The van der Waals surface area contributed by atoms with E-state index in [-0.39, 0.29) is 11.7 Å². The first kappa shape index (κ1) is 9.35. The molecule has 0 bridgehead atoms. The molecule has 0 amide bonds. The second kappa shape index (κ2) is 4.21. The Morgan fingerprint density at radius 3 is 2.40 bits per heavy atom. The van der Waals surface area contributed by atoms with Crippen molar-refractivity contribution in [2.75, 3.05) is 6.54 Å². The zero-order valence-electron chi connectivity index (χ0n) is 5.40. The molecule has 0 saturated carbocycles. The lowest BCUT2D eigenvalue weighted by Crippen LogP contribution is -2.43. The van der Waals surface area contributed by atoms with E-state index in [1.807, 2.05) is 0 Å². The summed E-state index contributed by atoms with van der Waals surface area (Å²) in [4.78, 5) is 1.02. The Kier molecular flexibility index (Phi) is 3.94. The summed E-state index contributed by atoms with van der Waals surface area (Å²) < 4.78 is 0. The van der Waals surface area contributed by atoms with Crippen LogP contribution >= 0.6 is 12.2 Å². The Hall–Kier alpha value is -0.650. The summed E-state index contributed by atoms with van der Waals surface area (Å²) >= 11 is 4.49. The second-order valence-corrected chi connectivity index (χ2v) is 2.04. The SMILES string of the molecule is C=CCN(C(N)=S)C(O)O. The Labute approximate surface area is 64.6 Å². The molecule has 5 heteroatoms. The summed E-state index contributed by atoms with van der Waals surface area (Å²) in [7, 11) is 0. The number of nitrogens with two attached hydrogens (primary N) is 1. The van der Waals surface area contributed by atoms with Gasteiger partial charge in [-0.3, -0.25) is 4.90 Å². The Balaban J connectivity index is 3.97. The van der Waals surface area contributed by atoms with Gasteiger partial charge in [-0.2, -0.15) is 0 Å². The highest BCUT2D eigenvalue weighted by molar-refractivity contribution is 7.80. The largest absolute Gasteiger partial charge is 0.376 e. The number of hydrogen-bond donors (Lipinski definition) is 3. The third-order valence-electron chi connectivity index (χ3n) is 0.888. The summed E-state index contributed by atoms with van der Waals surface area (Å²) in [6.07, 6.45) is -0.172. The molecule has 0 aromatic carbocycles. The topological polar surface area (TPSA) is 69.7 Å². The van der Waals surface area contributed by atoms with Gasteiger partial charge in [-0.15, -0.1) is 6.58 Å². The van der Waals surface area contributed by atoms with Crippen molar-refractivity contribution in [3.8, 4) is 0 Å². The van der Waals surface area contributed by atoms with Crippen LogP contribution < -0.4 is 5.73 Å². The maximum atomic E-state index is 8.58. The highest BCUT2D eigenvalue weighted by Gasteiger charge is 2.10. The summed E-state index contributed by atoms with van der Waals surface area (Å²) in [5.74, 6) is 0. The van der Waals surface area contributed by atoms with Gasteiger partial charge in [0, 0.05) is 6.54 Å². The number of hydrogen-bond acceptors (Lipinski definition) is 3. The first-order valence-corrected chi connectivity index (χ1v) is 3.03. The van der Waals surface area contributed by atoms with Crippen LogP contribution in [0.1, 0.15) is 0 Å². The van der Waals surface area contributed by atoms with Gasteiger partial charge in [0.2, 0.25) is 6.41 Å². The van der Waals surface area contributed by atoms with E-state index in [0.717, 1.165) is 4.90 Å². The third kappa shape index (κ3) is 2.77. The molecule has 10 heavy (non-hydrogen) atoms. The van der Waals surface area contributed by atoms with Crippen LogP contribution in [0.5, 0.6) is 0 Å². The van der Waals surface area contributed by atoms with Gasteiger partial charge in [0.15, 0.2) is 5.11 Å². The molecule has 4 N–H and O–H groups in total. The van der Waals surface area contributed by atoms with Crippen molar-refractivity contribution in [2.45, 2.75) is 6.41 Å². The van der Waals surface area contributed by atoms with E-state index in [4.69, 9.17) is 15.9 Å². The van der Waals surface area contributed by atoms with Crippen LogP contribution in [0, 0.1) is 0 Å². The van der Waals surface area contributed by atoms with Gasteiger partial charge in [-0.05, 0) is 12.2 Å². The first-order valence-electron chi connectivity index (χ1n) is 2.62. The minimum absolute atomic E-state index is 0.0603. The van der Waals surface area contributed by atoms with Crippen molar-refractivity contribution >= 4 is 17.3 Å². The van der Waals surface area contributed by atoms with Crippen molar-refractivity contribution in [1.82, 2.24) is 4.90 Å². The van der Waals surface area contributed by atoms with Crippen LogP contribution in [0.2, 0.25) is 0 Å². The van der Waals surface area contributed by atoms with E-state index in [2.05, 4.69) is 18.8 Å². The molecule has 0 heterocycles. The molecule has 0 aliphatic rings. The van der Waals surface area contributed by atoms with Crippen LogP contribution in [0.4, 0.5) is 0 Å². The van der Waals surface area contributed by atoms with Crippen molar-refractivity contribution in [3.05, 3.63) is 12.7 Å². The predicted molar refractivity (Wildman–Crippen MR) is 41.9 cm³/mol. The lowest BCUT2D eigenvalue weighted by Gasteiger charge is -2.22. The Bertz CT molecular complexity index is 138. The van der Waals surface area contributed by atoms with Crippen LogP contribution in [-0.4, -0.2) is 33.2 Å². The van der Waals surface area contributed by atoms with Crippen molar-refractivity contribution < 1.29 is 10.2 Å². The monoisotopic (exact) mass is 162 g/mol. The van der Waals surface area contributed by atoms with Crippen molar-refractivity contribution in [2.24, 2.45) is 5.73 Å². The molecule has 0 saturated heterocycles. The summed E-state index contributed by atoms with van der Waals surface area (Å²) in [5, 5.41) is 17.1. The Morgan fingerprint density at radius 1 is 1.80 bits per heavy atom. The maximum absolute atomic E-state index is 8.58. The van der Waals surface area contributed by atoms with Gasteiger partial charge in [-0.25, -0.2) is 0 Å². The molecule has 0 radical (unpaired) electrons. The number of thiocarbonyl (C=S) groups is 1. The average Bonchev–Trinajstić information content (AvgIpc) is 1.81. The van der Waals surface area contributed by atoms with Crippen LogP contribution in [0.25, 0.3) is 0 Å². The minimum Gasteiger partial charge on any atom is -0.376 e. The van der Waals surface area contributed by atoms with Crippen molar-refractivity contribution in [3.63, 3.8) is 0 Å². The fraction of sp³-hybridized carbons (Fsp3) is 0.400. The predicted octanol–water partition coefficient (Wildman–Crippen LogP) is -1.01. The fourth-order valence-corrected chi connectivity index (χ4v) is 0.606. The summed E-state index contributed by atoms with van der Waals surface area (Å²) in [5.41, 5.74) is 5.11. The molecule has 0 unspecified atom stereocenters. The van der Waals surface area contributed by atoms with Gasteiger partial charge in [-0.1, -0.05) is 6.08 Å². The zero-order valence-corrected chi connectivity index (χ0v) is 6.21. The van der Waals surface area contributed by atoms with Gasteiger partial charge in [0.05, 0.1) is 0 Å². The molecular weight excluding hydrogens is 152 g/mol. The first-order chi connectivity index (χ1) is 4.59. The highest BCUT2D eigenvalue weighted by atomic mass is 32.1. The van der Waals surface area contributed by atoms with E-state index in [9.17, 15) is 0 Å². The third-order valence-corrected chi connectivity index (χ3v) is 1.12. The molecule has 0 aliphatic carbocycles. The number of nitrogens with zero attached hydrogens (tertiary/aromatic N) is 1. The molecule has 0 rings (SSSR count). The van der Waals surface area contributed by atoms with E-state index < -0.39 is 6.41 Å². The second-order valence-electron chi connectivity index (χ2n) is 1.63. The average molecular weight is 162 g/mol. The summed E-state index contributed by atoms with van der Waals surface area (Å²) in [6, 6.07) is 0. The minimum atomic E-state index is -1.64. The molecular formula is C5H10N2O2S. The molecule has 4 nitrogen and oxygen atoms in total. The van der Waals surface area contributed by atoms with E-state index in [0.29, 0.717) is 0 Å². The van der Waals surface area contributed by atoms with E-state index >= 15 is 0 Å². The Morgan fingerprint density at radius 2 is 2.30 bits per heavy atom. The van der Waals surface area contributed by atoms with Gasteiger partial charge < -0.3 is 15.9 Å². The lowest BCUT2D eigenvalue weighted by atomic mass is 10.5. The lowest BCUT2D eigenvalue weighted by molar-refractivity contribution is -0.120. The molecule has 58 valence electrons. The van der Waals surface area contributed by atoms with Crippen LogP contribution in [0.15, 0.2) is 12.7 Å². The molecule has 0 aromatic rings.